The number of aliphatic carboxylic acids is 1. The Kier molecular flexibility index (Phi) is 7.86. The van der Waals surface area contributed by atoms with Crippen molar-refractivity contribution in [1.82, 2.24) is 9.88 Å². The molecule has 2 aromatic rings. The number of amides is 1. The lowest BCUT2D eigenvalue weighted by atomic mass is 10.2. The van der Waals surface area contributed by atoms with Crippen molar-refractivity contribution in [2.75, 3.05) is 31.0 Å². The molecule has 0 aliphatic rings. The maximum Gasteiger partial charge on any atom is 0.410 e. The molecule has 1 heterocycles. The number of methoxy groups -OCH3 is 1. The van der Waals surface area contributed by atoms with E-state index >= 15 is 0 Å². The Morgan fingerprint density at radius 1 is 1.30 bits per heavy atom. The minimum atomic E-state index is -2.48. The molecule has 1 amide bonds. The number of fused-ring (bicyclic) bond motifs is 1. The van der Waals surface area contributed by atoms with Crippen LogP contribution < -0.4 is 9.04 Å². The molecule has 0 aliphatic heterocycles. The van der Waals surface area contributed by atoms with Crippen LogP contribution in [-0.2, 0) is 20.8 Å². The van der Waals surface area contributed by atoms with Crippen LogP contribution >= 0.6 is 22.9 Å². The Labute approximate surface area is 184 Å². The van der Waals surface area contributed by atoms with Crippen LogP contribution in [0.2, 0.25) is 5.02 Å². The van der Waals surface area contributed by atoms with E-state index in [9.17, 15) is 18.4 Å². The molecular weight excluding hydrogens is 458 g/mol. The molecule has 10 nitrogen and oxygen atoms in total. The van der Waals surface area contributed by atoms with Crippen molar-refractivity contribution in [3.63, 3.8) is 0 Å². The van der Waals surface area contributed by atoms with E-state index in [1.165, 1.54) is 7.11 Å². The smallest absolute Gasteiger partial charge is 0.410 e. The van der Waals surface area contributed by atoms with Crippen molar-refractivity contribution in [3.8, 4) is 5.75 Å². The predicted octanol–water partition coefficient (Wildman–Crippen LogP) is 3.22. The van der Waals surface area contributed by atoms with E-state index in [2.05, 4.69) is 4.98 Å². The van der Waals surface area contributed by atoms with Gasteiger partial charge in [0.2, 0.25) is 0 Å². The van der Waals surface area contributed by atoms with E-state index in [4.69, 9.17) is 26.2 Å². The number of carbonyl (C=O) groups is 2. The van der Waals surface area contributed by atoms with Gasteiger partial charge in [-0.3, -0.25) is 14.2 Å². The van der Waals surface area contributed by atoms with Crippen LogP contribution in [0, 0.1) is 0 Å². The molecule has 0 saturated carbocycles. The molecular formula is C17H22ClN3O7S2. The zero-order valence-electron chi connectivity index (χ0n) is 16.7. The first-order valence-electron chi connectivity index (χ1n) is 8.64. The number of carboxylic acid groups (broad SMARTS) is 1. The number of rotatable bonds is 8. The first-order valence-corrected chi connectivity index (χ1v) is 10.9. The van der Waals surface area contributed by atoms with Crippen LogP contribution in [-0.4, -0.2) is 68.2 Å². The van der Waals surface area contributed by atoms with Gasteiger partial charge in [-0.1, -0.05) is 22.9 Å². The number of benzene rings is 1. The number of ether oxygens (including phenoxy) is 2. The molecule has 30 heavy (non-hydrogen) atoms. The second kappa shape index (κ2) is 9.77. The van der Waals surface area contributed by atoms with Crippen molar-refractivity contribution in [3.05, 3.63) is 17.2 Å². The van der Waals surface area contributed by atoms with E-state index in [0.29, 0.717) is 16.0 Å². The van der Waals surface area contributed by atoms with Gasteiger partial charge in [0.1, 0.15) is 28.4 Å². The summed E-state index contributed by atoms with van der Waals surface area (Å²) < 4.78 is 33.7. The van der Waals surface area contributed by atoms with E-state index in [1.54, 1.807) is 32.9 Å². The minimum absolute atomic E-state index is 0.162. The van der Waals surface area contributed by atoms with Gasteiger partial charge < -0.3 is 14.6 Å². The van der Waals surface area contributed by atoms with Gasteiger partial charge in [-0.25, -0.2) is 18.3 Å². The number of halogens is 1. The van der Waals surface area contributed by atoms with Crippen LogP contribution in [0.1, 0.15) is 20.8 Å². The van der Waals surface area contributed by atoms with Crippen LogP contribution in [0.25, 0.3) is 10.2 Å². The average Bonchev–Trinajstić information content (AvgIpc) is 3.04. The third-order valence-electron chi connectivity index (χ3n) is 3.63. The fraction of sp³-hybridized carbons (Fsp3) is 0.471. The molecule has 0 aliphatic carbocycles. The van der Waals surface area contributed by atoms with Gasteiger partial charge in [-0.05, 0) is 32.9 Å². The summed E-state index contributed by atoms with van der Waals surface area (Å²) in [6, 6.07) is 3.38. The van der Waals surface area contributed by atoms with E-state index < -0.39 is 35.5 Å². The molecule has 0 saturated heterocycles. The highest BCUT2D eigenvalue weighted by Gasteiger charge is 2.26. The molecule has 1 atom stereocenters. The number of nitrogens with zero attached hydrogens (tertiary/aromatic N) is 3. The highest BCUT2D eigenvalue weighted by atomic mass is 35.5. The van der Waals surface area contributed by atoms with Crippen molar-refractivity contribution in [1.29, 1.82) is 0 Å². The molecule has 1 aromatic heterocycles. The minimum Gasteiger partial charge on any atom is -0.495 e. The zero-order chi connectivity index (χ0) is 22.6. The van der Waals surface area contributed by atoms with Crippen molar-refractivity contribution in [2.45, 2.75) is 26.4 Å². The van der Waals surface area contributed by atoms with E-state index in [1.807, 2.05) is 0 Å². The Balaban J connectivity index is 2.26. The number of anilines is 1. The Morgan fingerprint density at radius 3 is 2.50 bits per heavy atom. The number of carbonyl (C=O) groups excluding carboxylic acids is 1. The van der Waals surface area contributed by atoms with Crippen molar-refractivity contribution >= 4 is 61.6 Å². The van der Waals surface area contributed by atoms with Crippen LogP contribution in [0.5, 0.6) is 5.75 Å². The van der Waals surface area contributed by atoms with Gasteiger partial charge in [0, 0.05) is 6.54 Å². The fourth-order valence-electron chi connectivity index (χ4n) is 2.37. The van der Waals surface area contributed by atoms with Crippen molar-refractivity contribution in [2.24, 2.45) is 0 Å². The predicted molar refractivity (Wildman–Crippen MR) is 115 cm³/mol. The summed E-state index contributed by atoms with van der Waals surface area (Å²) in [5.74, 6) is -0.827. The molecule has 0 radical (unpaired) electrons. The summed E-state index contributed by atoms with van der Waals surface area (Å²) in [5.41, 5.74) is -0.420. The molecule has 2 rings (SSSR count). The third kappa shape index (κ3) is 6.17. The molecule has 1 aromatic carbocycles. The number of hydrogen-bond donors (Lipinski definition) is 2. The molecule has 2 N–H and O–H groups in total. The summed E-state index contributed by atoms with van der Waals surface area (Å²) >= 11 is 4.90. The normalized spacial score (nSPS) is 12.5. The Morgan fingerprint density at radius 2 is 1.97 bits per heavy atom. The largest absolute Gasteiger partial charge is 0.495 e. The molecule has 13 heteroatoms. The Hall–Kier alpha value is -2.15. The summed E-state index contributed by atoms with van der Waals surface area (Å²) in [4.78, 5) is 28.7. The van der Waals surface area contributed by atoms with Gasteiger partial charge >= 0.3 is 12.1 Å². The van der Waals surface area contributed by atoms with Gasteiger partial charge in [0.05, 0.1) is 18.4 Å². The molecule has 0 bridgehead atoms. The number of carboxylic acids is 1. The van der Waals surface area contributed by atoms with Gasteiger partial charge in [-0.15, -0.1) is 0 Å². The lowest BCUT2D eigenvalue weighted by molar-refractivity contribution is -0.138. The topological polar surface area (TPSA) is 130 Å². The number of thiazole rings is 1. The second-order valence-electron chi connectivity index (χ2n) is 7.05. The first kappa shape index (κ1) is 24.1. The lowest BCUT2D eigenvalue weighted by Crippen LogP contribution is -2.44. The zero-order valence-corrected chi connectivity index (χ0v) is 19.1. The summed E-state index contributed by atoms with van der Waals surface area (Å²) in [7, 11) is 1.46. The molecule has 0 spiro atoms. The highest BCUT2D eigenvalue weighted by molar-refractivity contribution is 7.81. The molecule has 0 fully saturated rings. The number of hydrogen-bond acceptors (Lipinski definition) is 7. The number of aromatic nitrogens is 1. The maximum atomic E-state index is 12.3. The standard InChI is InChI=1S/C17H22ClN3O7S2/c1-17(2,3)28-16(24)20(9-12(22)23)7-8-21(30(25)26)15-19-14-11(29-15)6-5-10(27-4)13(14)18/h5-6H,7-9H2,1-4H3,(H,22,23)(H,25,26). The Bertz CT molecular complexity index is 961. The SMILES string of the molecule is COc1ccc2sc(N(CCN(CC(=O)O)C(=O)OC(C)(C)C)S(=O)O)nc2c1Cl. The maximum absolute atomic E-state index is 12.3. The van der Waals surface area contributed by atoms with Gasteiger partial charge in [0.25, 0.3) is 11.3 Å². The fourth-order valence-corrected chi connectivity index (χ4v) is 4.34. The van der Waals surface area contributed by atoms with Crippen LogP contribution in [0.4, 0.5) is 9.93 Å². The summed E-state index contributed by atoms with van der Waals surface area (Å²) in [6.45, 7) is 3.99. The summed E-state index contributed by atoms with van der Waals surface area (Å²) in [6.07, 6.45) is -0.842. The highest BCUT2D eigenvalue weighted by Crippen LogP contribution is 2.38. The second-order valence-corrected chi connectivity index (χ2v) is 9.34. The average molecular weight is 480 g/mol. The lowest BCUT2D eigenvalue weighted by Gasteiger charge is -2.27. The van der Waals surface area contributed by atoms with Crippen LogP contribution in [0.15, 0.2) is 12.1 Å². The van der Waals surface area contributed by atoms with Crippen LogP contribution in [0.3, 0.4) is 0 Å². The first-order chi connectivity index (χ1) is 13.9. The van der Waals surface area contributed by atoms with E-state index in [-0.39, 0.29) is 23.2 Å². The summed E-state index contributed by atoms with van der Waals surface area (Å²) in [5, 5.41) is 9.54. The van der Waals surface area contributed by atoms with Crippen molar-refractivity contribution < 1.29 is 32.9 Å². The molecule has 1 unspecified atom stereocenters. The van der Waals surface area contributed by atoms with Gasteiger partial charge in [-0.2, -0.15) is 0 Å². The monoisotopic (exact) mass is 479 g/mol. The van der Waals surface area contributed by atoms with Gasteiger partial charge in [0.15, 0.2) is 5.13 Å². The van der Waals surface area contributed by atoms with E-state index in [0.717, 1.165) is 20.5 Å². The molecule has 166 valence electrons. The quantitative estimate of drug-likeness (QED) is 0.552. The third-order valence-corrected chi connectivity index (χ3v) is 5.88.